The first-order valence-electron chi connectivity index (χ1n) is 5.19. The minimum atomic E-state index is -0.950. The van der Waals surface area contributed by atoms with Crippen LogP contribution in [-0.4, -0.2) is 23.7 Å². The molecule has 0 saturated heterocycles. The summed E-state index contributed by atoms with van der Waals surface area (Å²) in [4.78, 5) is 21.4. The Labute approximate surface area is 95.6 Å². The van der Waals surface area contributed by atoms with E-state index in [-0.39, 0.29) is 11.5 Å². The van der Waals surface area contributed by atoms with E-state index in [1.165, 1.54) is 0 Å². The molecule has 90 valence electrons. The molecule has 4 heteroatoms. The van der Waals surface area contributed by atoms with Crippen LogP contribution in [0.25, 0.3) is 0 Å². The van der Waals surface area contributed by atoms with Gasteiger partial charge in [0.15, 0.2) is 0 Å². The summed E-state index contributed by atoms with van der Waals surface area (Å²) >= 11 is 0. The molecule has 0 aliphatic rings. The zero-order chi connectivity index (χ0) is 12.6. The normalized spacial score (nSPS) is 9.56. The molecule has 0 radical (unpaired) electrons. The quantitative estimate of drug-likeness (QED) is 0.392. The van der Waals surface area contributed by atoms with Gasteiger partial charge in [0.2, 0.25) is 0 Å². The van der Waals surface area contributed by atoms with Crippen LogP contribution in [0.3, 0.4) is 0 Å². The molecule has 0 spiro atoms. The van der Waals surface area contributed by atoms with Crippen molar-refractivity contribution in [1.82, 2.24) is 0 Å². The first-order valence-corrected chi connectivity index (χ1v) is 5.19. The number of ether oxygens (including phenoxy) is 1. The fourth-order valence-electron chi connectivity index (χ4n) is 1.01. The van der Waals surface area contributed by atoms with Gasteiger partial charge in [0.1, 0.15) is 0 Å². The van der Waals surface area contributed by atoms with E-state index < -0.39 is 5.97 Å². The lowest BCUT2D eigenvalue weighted by atomic mass is 10.1. The molecule has 0 aromatic heterocycles. The summed E-state index contributed by atoms with van der Waals surface area (Å²) in [6, 6.07) is 0. The van der Waals surface area contributed by atoms with Gasteiger partial charge in [-0.1, -0.05) is 13.2 Å². The molecule has 0 rings (SSSR count). The average Bonchev–Trinajstić information content (AvgIpc) is 2.21. The highest BCUT2D eigenvalue weighted by atomic mass is 16.5. The minimum Gasteiger partial charge on any atom is -0.478 e. The Hall–Kier alpha value is -1.58. The summed E-state index contributed by atoms with van der Waals surface area (Å²) in [6.45, 7) is 8.84. The predicted molar refractivity (Wildman–Crippen MR) is 61.0 cm³/mol. The molecule has 1 N–H and O–H groups in total. The lowest BCUT2D eigenvalue weighted by Gasteiger charge is -2.04. The largest absolute Gasteiger partial charge is 0.478 e. The van der Waals surface area contributed by atoms with Gasteiger partial charge in [0.25, 0.3) is 0 Å². The molecule has 0 unspecified atom stereocenters. The Morgan fingerprint density at radius 3 is 2.31 bits per heavy atom. The lowest BCUT2D eigenvalue weighted by molar-refractivity contribution is -0.139. The summed E-state index contributed by atoms with van der Waals surface area (Å²) in [5, 5.41) is 8.54. The van der Waals surface area contributed by atoms with Crippen molar-refractivity contribution in [3.8, 4) is 0 Å². The van der Waals surface area contributed by atoms with Gasteiger partial charge in [0.05, 0.1) is 6.61 Å². The van der Waals surface area contributed by atoms with Crippen LogP contribution >= 0.6 is 0 Å². The fourth-order valence-corrected chi connectivity index (χ4v) is 1.01. The lowest BCUT2D eigenvalue weighted by Crippen LogP contribution is -2.06. The maximum atomic E-state index is 11.0. The van der Waals surface area contributed by atoms with Crippen LogP contribution in [0.4, 0.5) is 0 Å². The highest BCUT2D eigenvalue weighted by Gasteiger charge is 2.04. The smallest absolute Gasteiger partial charge is 0.333 e. The van der Waals surface area contributed by atoms with Gasteiger partial charge in [-0.25, -0.2) is 9.59 Å². The number of carbonyl (C=O) groups is 2. The third kappa shape index (κ3) is 6.81. The SMILES string of the molecule is C=C(C)C(=O)OCCCCCC(=C)C(=O)O. The molecular formula is C12H18O4. The Bertz CT molecular complexity index is 261. The van der Waals surface area contributed by atoms with Crippen molar-refractivity contribution in [2.45, 2.75) is 32.6 Å². The number of hydrogen-bond donors (Lipinski definition) is 1. The Balaban J connectivity index is 3.41. The molecule has 4 nitrogen and oxygen atoms in total. The van der Waals surface area contributed by atoms with Crippen molar-refractivity contribution in [2.75, 3.05) is 6.61 Å². The second-order valence-corrected chi connectivity index (χ2v) is 3.64. The summed E-state index contributed by atoms with van der Waals surface area (Å²) in [7, 11) is 0. The van der Waals surface area contributed by atoms with Crippen molar-refractivity contribution in [1.29, 1.82) is 0 Å². The van der Waals surface area contributed by atoms with Gasteiger partial charge in [-0.3, -0.25) is 0 Å². The van der Waals surface area contributed by atoms with Crippen molar-refractivity contribution in [3.63, 3.8) is 0 Å². The second-order valence-electron chi connectivity index (χ2n) is 3.64. The molecule has 0 fully saturated rings. The first kappa shape index (κ1) is 14.4. The van der Waals surface area contributed by atoms with E-state index in [0.29, 0.717) is 18.6 Å². The number of hydrogen-bond acceptors (Lipinski definition) is 3. The predicted octanol–water partition coefficient (Wildman–Crippen LogP) is 2.31. The highest BCUT2D eigenvalue weighted by molar-refractivity contribution is 5.86. The number of aliphatic carboxylic acids is 1. The highest BCUT2D eigenvalue weighted by Crippen LogP contribution is 2.07. The molecule has 0 aromatic carbocycles. The van der Waals surface area contributed by atoms with Crippen LogP contribution in [0, 0.1) is 0 Å². The maximum Gasteiger partial charge on any atom is 0.333 e. The van der Waals surface area contributed by atoms with E-state index in [1.54, 1.807) is 6.92 Å². The topological polar surface area (TPSA) is 63.6 Å². The van der Waals surface area contributed by atoms with Crippen LogP contribution in [0.15, 0.2) is 24.3 Å². The van der Waals surface area contributed by atoms with Crippen LogP contribution < -0.4 is 0 Å². The van der Waals surface area contributed by atoms with Crippen LogP contribution in [0.2, 0.25) is 0 Å². The fraction of sp³-hybridized carbons (Fsp3) is 0.500. The summed E-state index contributed by atoms with van der Waals surface area (Å²) in [5.41, 5.74) is 0.609. The molecule has 0 atom stereocenters. The van der Waals surface area contributed by atoms with E-state index >= 15 is 0 Å². The zero-order valence-corrected chi connectivity index (χ0v) is 9.62. The number of carboxylic acid groups (broad SMARTS) is 1. The van der Waals surface area contributed by atoms with Gasteiger partial charge in [-0.2, -0.15) is 0 Å². The molecule has 0 aliphatic heterocycles. The van der Waals surface area contributed by atoms with Crippen molar-refractivity contribution in [2.24, 2.45) is 0 Å². The van der Waals surface area contributed by atoms with Gasteiger partial charge in [-0.15, -0.1) is 0 Å². The number of esters is 1. The zero-order valence-electron chi connectivity index (χ0n) is 9.62. The van der Waals surface area contributed by atoms with E-state index in [0.717, 1.165) is 19.3 Å². The van der Waals surface area contributed by atoms with Gasteiger partial charge >= 0.3 is 11.9 Å². The molecule has 0 aliphatic carbocycles. The first-order chi connectivity index (χ1) is 7.45. The number of carboxylic acids is 1. The Morgan fingerprint density at radius 2 is 1.81 bits per heavy atom. The monoisotopic (exact) mass is 226 g/mol. The van der Waals surface area contributed by atoms with Crippen molar-refractivity contribution < 1.29 is 19.4 Å². The van der Waals surface area contributed by atoms with Crippen LogP contribution in [0.1, 0.15) is 32.6 Å². The number of rotatable bonds is 8. The minimum absolute atomic E-state index is 0.221. The average molecular weight is 226 g/mol. The molecule has 0 aromatic rings. The van der Waals surface area contributed by atoms with E-state index in [2.05, 4.69) is 13.2 Å². The molecule has 0 saturated carbocycles. The van der Waals surface area contributed by atoms with Gasteiger partial charge in [-0.05, 0) is 32.6 Å². The molecular weight excluding hydrogens is 208 g/mol. The number of carbonyl (C=O) groups excluding carboxylic acids is 1. The third-order valence-electron chi connectivity index (χ3n) is 2.01. The summed E-state index contributed by atoms with van der Waals surface area (Å²) in [5.74, 6) is -1.33. The number of unbranched alkanes of at least 4 members (excludes halogenated alkanes) is 2. The van der Waals surface area contributed by atoms with Gasteiger partial charge in [0, 0.05) is 11.1 Å². The molecule has 0 heterocycles. The molecule has 0 bridgehead atoms. The Kier molecular flexibility index (Phi) is 6.92. The van der Waals surface area contributed by atoms with E-state index in [1.807, 2.05) is 0 Å². The van der Waals surface area contributed by atoms with Crippen LogP contribution in [-0.2, 0) is 14.3 Å². The van der Waals surface area contributed by atoms with Crippen molar-refractivity contribution >= 4 is 11.9 Å². The van der Waals surface area contributed by atoms with Crippen molar-refractivity contribution in [3.05, 3.63) is 24.3 Å². The maximum absolute atomic E-state index is 11.0. The Morgan fingerprint density at radius 1 is 1.19 bits per heavy atom. The molecule has 16 heavy (non-hydrogen) atoms. The second kappa shape index (κ2) is 7.68. The van der Waals surface area contributed by atoms with E-state index in [9.17, 15) is 9.59 Å². The van der Waals surface area contributed by atoms with Gasteiger partial charge < -0.3 is 9.84 Å². The summed E-state index contributed by atoms with van der Waals surface area (Å²) in [6.07, 6.45) is 2.77. The molecule has 0 amide bonds. The third-order valence-corrected chi connectivity index (χ3v) is 2.01. The van der Waals surface area contributed by atoms with E-state index in [4.69, 9.17) is 9.84 Å². The van der Waals surface area contributed by atoms with Crippen LogP contribution in [0.5, 0.6) is 0 Å². The summed E-state index contributed by atoms with van der Waals surface area (Å²) < 4.78 is 4.88. The standard InChI is InChI=1S/C12H18O4/c1-9(2)12(15)16-8-6-4-5-7-10(3)11(13)14/h1,3-8H2,2H3,(H,13,14).